The lowest BCUT2D eigenvalue weighted by Crippen LogP contribution is -1.70. The van der Waals surface area contributed by atoms with E-state index in [9.17, 15) is 0 Å². The number of hydrogen-bond donors (Lipinski definition) is 0. The molecule has 2 nitrogen and oxygen atoms in total. The van der Waals surface area contributed by atoms with Crippen molar-refractivity contribution in [1.82, 2.24) is 0 Å². The summed E-state index contributed by atoms with van der Waals surface area (Å²) in [7, 11) is 0. The summed E-state index contributed by atoms with van der Waals surface area (Å²) in [5.74, 6) is 0.625. The molecule has 1 heterocycles. The second-order valence-corrected chi connectivity index (χ2v) is 2.58. The van der Waals surface area contributed by atoms with E-state index in [4.69, 9.17) is 9.68 Å². The van der Waals surface area contributed by atoms with Crippen LogP contribution in [0.2, 0.25) is 0 Å². The fourth-order valence-corrected chi connectivity index (χ4v) is 1.17. The third kappa shape index (κ3) is 0.960. The van der Waals surface area contributed by atoms with Gasteiger partial charge in [-0.2, -0.15) is 5.26 Å². The molecule has 0 saturated carbocycles. The van der Waals surface area contributed by atoms with Crippen molar-refractivity contribution in [3.63, 3.8) is 0 Å². The Labute approximate surface area is 70.0 Å². The van der Waals surface area contributed by atoms with Gasteiger partial charge in [-0.1, -0.05) is 0 Å². The molecular formula is C10H6NO. The van der Waals surface area contributed by atoms with Gasteiger partial charge in [0.15, 0.2) is 0 Å². The average Bonchev–Trinajstić information content (AvgIpc) is 2.43. The molecular weight excluding hydrogens is 150 g/mol. The predicted octanol–water partition coefficient (Wildman–Crippen LogP) is 2.49. The molecule has 0 bridgehead atoms. The molecule has 0 spiro atoms. The fraction of sp³-hybridized carbons (Fsp3) is 0. The maximum atomic E-state index is 8.61. The molecule has 57 valence electrons. The van der Waals surface area contributed by atoms with E-state index < -0.39 is 0 Å². The highest BCUT2D eigenvalue weighted by Gasteiger charge is 2.00. The lowest BCUT2D eigenvalue weighted by molar-refractivity contribution is 0.595. The van der Waals surface area contributed by atoms with Gasteiger partial charge < -0.3 is 4.42 Å². The van der Waals surface area contributed by atoms with Gasteiger partial charge in [0.25, 0.3) is 0 Å². The third-order valence-corrected chi connectivity index (χ3v) is 1.70. The number of benzene rings is 1. The highest BCUT2D eigenvalue weighted by Crippen LogP contribution is 2.19. The van der Waals surface area contributed by atoms with E-state index in [1.807, 2.05) is 6.07 Å². The normalized spacial score (nSPS) is 10.0. The molecule has 0 aliphatic rings. The van der Waals surface area contributed by atoms with Crippen molar-refractivity contribution < 1.29 is 4.42 Å². The summed E-state index contributed by atoms with van der Waals surface area (Å²) in [6.45, 7) is 3.66. The van der Waals surface area contributed by atoms with Crippen LogP contribution in [0, 0.1) is 18.3 Å². The Hall–Kier alpha value is -1.75. The first kappa shape index (κ1) is 6.93. The zero-order valence-electron chi connectivity index (χ0n) is 6.37. The Morgan fingerprint density at radius 1 is 1.33 bits per heavy atom. The van der Waals surface area contributed by atoms with E-state index in [0.717, 1.165) is 11.0 Å². The largest absolute Gasteiger partial charge is 0.461 e. The maximum absolute atomic E-state index is 8.61. The first-order chi connectivity index (χ1) is 5.79. The summed E-state index contributed by atoms with van der Waals surface area (Å²) in [6.07, 6.45) is 0. The van der Waals surface area contributed by atoms with Crippen LogP contribution in [0.15, 0.2) is 28.7 Å². The van der Waals surface area contributed by atoms with E-state index in [1.165, 1.54) is 0 Å². The molecule has 1 aromatic carbocycles. The van der Waals surface area contributed by atoms with Crippen LogP contribution in [0.25, 0.3) is 11.0 Å². The lowest BCUT2D eigenvalue weighted by atomic mass is 10.2. The Morgan fingerprint density at radius 3 is 2.92 bits per heavy atom. The van der Waals surface area contributed by atoms with E-state index >= 15 is 0 Å². The molecule has 0 amide bonds. The van der Waals surface area contributed by atoms with Crippen molar-refractivity contribution in [3.05, 3.63) is 42.5 Å². The van der Waals surface area contributed by atoms with Gasteiger partial charge in [-0.3, -0.25) is 0 Å². The minimum atomic E-state index is 0.625. The molecule has 1 aromatic heterocycles. The topological polar surface area (TPSA) is 36.9 Å². The van der Waals surface area contributed by atoms with Gasteiger partial charge in [0, 0.05) is 12.3 Å². The van der Waals surface area contributed by atoms with Crippen molar-refractivity contribution in [2.45, 2.75) is 0 Å². The average molecular weight is 156 g/mol. The fourth-order valence-electron chi connectivity index (χ4n) is 1.17. The predicted molar refractivity (Wildman–Crippen MR) is 45.4 cm³/mol. The van der Waals surface area contributed by atoms with Crippen molar-refractivity contribution in [2.75, 3.05) is 0 Å². The molecule has 0 aliphatic carbocycles. The highest BCUT2D eigenvalue weighted by molar-refractivity contribution is 5.79. The summed E-state index contributed by atoms with van der Waals surface area (Å²) >= 11 is 0. The smallest absolute Gasteiger partial charge is 0.134 e. The van der Waals surface area contributed by atoms with Gasteiger partial charge in [-0.25, -0.2) is 0 Å². The Bertz CT molecular complexity index is 462. The minimum Gasteiger partial charge on any atom is -0.461 e. The molecule has 0 atom stereocenters. The standard InChI is InChI=1S/C10H6NO/c1-7-4-9-5-8(6-11)2-3-10(9)12-7/h2-5H,1H2. The monoisotopic (exact) mass is 156 g/mol. The number of nitriles is 1. The summed E-state index contributed by atoms with van der Waals surface area (Å²) in [5, 5.41) is 9.54. The Balaban J connectivity index is 2.77. The number of rotatable bonds is 0. The van der Waals surface area contributed by atoms with Gasteiger partial charge in [0.05, 0.1) is 11.6 Å². The van der Waals surface area contributed by atoms with E-state index in [-0.39, 0.29) is 0 Å². The Morgan fingerprint density at radius 2 is 2.17 bits per heavy atom. The second-order valence-electron chi connectivity index (χ2n) is 2.58. The molecule has 2 rings (SSSR count). The van der Waals surface area contributed by atoms with E-state index in [1.54, 1.807) is 18.2 Å². The minimum absolute atomic E-state index is 0.625. The molecule has 0 N–H and O–H groups in total. The number of hydrogen-bond acceptors (Lipinski definition) is 2. The van der Waals surface area contributed by atoms with Crippen LogP contribution in [-0.2, 0) is 0 Å². The zero-order valence-corrected chi connectivity index (χ0v) is 6.37. The van der Waals surface area contributed by atoms with Gasteiger partial charge >= 0.3 is 0 Å². The Kier molecular flexibility index (Phi) is 1.38. The molecule has 0 unspecified atom stereocenters. The van der Waals surface area contributed by atoms with Crippen LogP contribution >= 0.6 is 0 Å². The van der Waals surface area contributed by atoms with Crippen LogP contribution in [0.3, 0.4) is 0 Å². The highest BCUT2D eigenvalue weighted by atomic mass is 16.3. The number of fused-ring (bicyclic) bond motifs is 1. The summed E-state index contributed by atoms with van der Waals surface area (Å²) in [5.41, 5.74) is 1.42. The zero-order chi connectivity index (χ0) is 8.55. The summed E-state index contributed by atoms with van der Waals surface area (Å²) < 4.78 is 5.25. The summed E-state index contributed by atoms with van der Waals surface area (Å²) in [6, 6.07) is 9.17. The van der Waals surface area contributed by atoms with Crippen molar-refractivity contribution in [3.8, 4) is 6.07 Å². The number of nitrogens with zero attached hydrogens (tertiary/aromatic N) is 1. The van der Waals surface area contributed by atoms with Crippen LogP contribution in [0.5, 0.6) is 0 Å². The SMILES string of the molecule is [CH2]c1cc2cc(C#N)ccc2o1. The third-order valence-electron chi connectivity index (χ3n) is 1.70. The molecule has 0 fully saturated rings. The van der Waals surface area contributed by atoms with Gasteiger partial charge in [-0.05, 0) is 24.3 Å². The van der Waals surface area contributed by atoms with E-state index in [2.05, 4.69) is 13.0 Å². The van der Waals surface area contributed by atoms with Crippen molar-refractivity contribution in [1.29, 1.82) is 5.26 Å². The van der Waals surface area contributed by atoms with Crippen molar-refractivity contribution >= 4 is 11.0 Å². The van der Waals surface area contributed by atoms with Gasteiger partial charge in [0.1, 0.15) is 11.3 Å². The molecule has 1 radical (unpaired) electrons. The molecule has 2 aromatic rings. The van der Waals surface area contributed by atoms with Gasteiger partial charge in [0.2, 0.25) is 0 Å². The molecule has 2 heteroatoms. The first-order valence-corrected chi connectivity index (χ1v) is 3.55. The van der Waals surface area contributed by atoms with Gasteiger partial charge in [-0.15, -0.1) is 0 Å². The lowest BCUT2D eigenvalue weighted by Gasteiger charge is -1.87. The second kappa shape index (κ2) is 2.38. The number of furan rings is 1. The van der Waals surface area contributed by atoms with E-state index in [0.29, 0.717) is 11.3 Å². The van der Waals surface area contributed by atoms with Crippen LogP contribution in [-0.4, -0.2) is 0 Å². The van der Waals surface area contributed by atoms with Crippen molar-refractivity contribution in [2.24, 2.45) is 0 Å². The maximum Gasteiger partial charge on any atom is 0.134 e. The van der Waals surface area contributed by atoms with Crippen LogP contribution in [0.1, 0.15) is 11.3 Å². The summed E-state index contributed by atoms with van der Waals surface area (Å²) in [4.78, 5) is 0. The van der Waals surface area contributed by atoms with Crippen LogP contribution < -0.4 is 0 Å². The first-order valence-electron chi connectivity index (χ1n) is 3.55. The molecule has 12 heavy (non-hydrogen) atoms. The molecule has 0 saturated heterocycles. The van der Waals surface area contributed by atoms with Crippen LogP contribution in [0.4, 0.5) is 0 Å². The molecule has 0 aliphatic heterocycles. The quantitative estimate of drug-likeness (QED) is 0.587.